The van der Waals surface area contributed by atoms with Gasteiger partial charge in [0.25, 0.3) is 5.91 Å². The number of rotatable bonds is 1. The van der Waals surface area contributed by atoms with Crippen molar-refractivity contribution in [3.63, 3.8) is 0 Å². The zero-order valence-electron chi connectivity index (χ0n) is 13.1. The van der Waals surface area contributed by atoms with Gasteiger partial charge in [0.05, 0.1) is 11.2 Å². The highest BCUT2D eigenvalue weighted by atomic mass is 79.9. The molecule has 1 N–H and O–H groups in total. The summed E-state index contributed by atoms with van der Waals surface area (Å²) in [5, 5.41) is 5.47. The largest absolute Gasteiger partial charge is 0.357 e. The summed E-state index contributed by atoms with van der Waals surface area (Å²) in [7, 11) is 1.82. The van der Waals surface area contributed by atoms with Crippen molar-refractivity contribution in [2.75, 3.05) is 6.54 Å². The van der Waals surface area contributed by atoms with Crippen LogP contribution in [0.25, 0.3) is 10.9 Å². The summed E-state index contributed by atoms with van der Waals surface area (Å²) in [6.07, 6.45) is 0.846. The van der Waals surface area contributed by atoms with Crippen LogP contribution in [0.1, 0.15) is 27.4 Å². The molecule has 1 aliphatic heterocycles. The van der Waals surface area contributed by atoms with Crippen LogP contribution in [0.15, 0.2) is 28.7 Å². The van der Waals surface area contributed by atoms with Crippen LogP contribution in [0.4, 0.5) is 0 Å². The maximum atomic E-state index is 12.8. The molecule has 0 radical (unpaired) electrons. The number of aryl methyl sites for hydroxylation is 2. The Morgan fingerprint density at radius 3 is 2.96 bits per heavy atom. The number of benzene rings is 1. The van der Waals surface area contributed by atoms with Crippen molar-refractivity contribution in [3.05, 3.63) is 51.4 Å². The van der Waals surface area contributed by atoms with Gasteiger partial charge in [-0.1, -0.05) is 12.1 Å². The van der Waals surface area contributed by atoms with E-state index < -0.39 is 0 Å². The molecule has 4 rings (SSSR count). The number of para-hydroxylation sites is 1. The van der Waals surface area contributed by atoms with E-state index in [9.17, 15) is 4.79 Å². The van der Waals surface area contributed by atoms with Gasteiger partial charge in [0.15, 0.2) is 0 Å². The van der Waals surface area contributed by atoms with Crippen molar-refractivity contribution in [3.8, 4) is 0 Å². The average Bonchev–Trinajstić information content (AvgIpc) is 3.07. The van der Waals surface area contributed by atoms with Gasteiger partial charge in [-0.2, -0.15) is 5.10 Å². The lowest BCUT2D eigenvalue weighted by molar-refractivity contribution is 0.0724. The van der Waals surface area contributed by atoms with E-state index >= 15 is 0 Å². The topological polar surface area (TPSA) is 53.9 Å². The van der Waals surface area contributed by atoms with E-state index in [0.717, 1.165) is 28.6 Å². The zero-order valence-corrected chi connectivity index (χ0v) is 14.6. The molecule has 6 heteroatoms. The van der Waals surface area contributed by atoms with Crippen molar-refractivity contribution >= 4 is 32.7 Å². The lowest BCUT2D eigenvalue weighted by Crippen LogP contribution is -2.36. The Labute approximate surface area is 142 Å². The van der Waals surface area contributed by atoms with Crippen LogP contribution in [-0.2, 0) is 20.0 Å². The third-order valence-electron chi connectivity index (χ3n) is 4.47. The molecule has 0 fully saturated rings. The average molecular weight is 373 g/mol. The fourth-order valence-electron chi connectivity index (χ4n) is 3.35. The zero-order chi connectivity index (χ0) is 16.1. The molecule has 0 spiro atoms. The monoisotopic (exact) mass is 372 g/mol. The van der Waals surface area contributed by atoms with Crippen LogP contribution >= 0.6 is 15.9 Å². The lowest BCUT2D eigenvalue weighted by atomic mass is 10.0. The second kappa shape index (κ2) is 5.23. The number of carbonyl (C=O) groups is 1. The van der Waals surface area contributed by atoms with Crippen molar-refractivity contribution in [1.29, 1.82) is 0 Å². The number of aromatic amines is 1. The second-order valence-corrected chi connectivity index (χ2v) is 6.87. The highest BCUT2D eigenvalue weighted by Gasteiger charge is 2.26. The number of hydrogen-bond donors (Lipinski definition) is 1. The van der Waals surface area contributed by atoms with Gasteiger partial charge in [-0.3, -0.25) is 9.48 Å². The van der Waals surface area contributed by atoms with Crippen LogP contribution in [0.5, 0.6) is 0 Å². The second-order valence-electron chi connectivity index (χ2n) is 6.02. The van der Waals surface area contributed by atoms with Crippen LogP contribution in [0.2, 0.25) is 0 Å². The highest BCUT2D eigenvalue weighted by molar-refractivity contribution is 9.10. The fourth-order valence-corrected chi connectivity index (χ4v) is 3.81. The number of halogens is 1. The normalized spacial score (nSPS) is 14.3. The van der Waals surface area contributed by atoms with E-state index in [0.29, 0.717) is 12.2 Å². The summed E-state index contributed by atoms with van der Waals surface area (Å²) in [5.41, 5.74) is 5.08. The summed E-state index contributed by atoms with van der Waals surface area (Å²) < 4.78 is 2.73. The summed E-state index contributed by atoms with van der Waals surface area (Å²) in [6, 6.07) is 8.03. The van der Waals surface area contributed by atoms with Gasteiger partial charge in [0, 0.05) is 47.7 Å². The fraction of sp³-hybridized carbons (Fsp3) is 0.294. The molecule has 3 heterocycles. The minimum absolute atomic E-state index is 0.0445. The van der Waals surface area contributed by atoms with E-state index in [1.165, 1.54) is 16.6 Å². The molecular weight excluding hydrogens is 356 g/mol. The Balaban J connectivity index is 1.71. The van der Waals surface area contributed by atoms with Crippen molar-refractivity contribution in [1.82, 2.24) is 19.7 Å². The molecule has 0 saturated heterocycles. The summed E-state index contributed by atoms with van der Waals surface area (Å²) in [6.45, 7) is 3.26. The number of aromatic nitrogens is 3. The van der Waals surface area contributed by atoms with Crippen molar-refractivity contribution in [2.24, 2.45) is 7.05 Å². The molecule has 118 valence electrons. The van der Waals surface area contributed by atoms with E-state index in [-0.39, 0.29) is 5.91 Å². The molecule has 5 nitrogen and oxygen atoms in total. The number of hydrogen-bond acceptors (Lipinski definition) is 2. The number of carbonyl (C=O) groups excluding carboxylic acids is 1. The molecule has 0 aliphatic carbocycles. The van der Waals surface area contributed by atoms with E-state index in [4.69, 9.17) is 0 Å². The molecular formula is C17H17BrN4O. The smallest absolute Gasteiger partial charge is 0.272 e. The molecule has 1 aliphatic rings. The first kappa shape index (κ1) is 14.5. The van der Waals surface area contributed by atoms with Crippen LogP contribution in [-0.4, -0.2) is 32.1 Å². The number of nitrogens with one attached hydrogen (secondary N) is 1. The van der Waals surface area contributed by atoms with Crippen LogP contribution < -0.4 is 0 Å². The van der Waals surface area contributed by atoms with Gasteiger partial charge in [0.2, 0.25) is 0 Å². The van der Waals surface area contributed by atoms with Gasteiger partial charge >= 0.3 is 0 Å². The number of fused-ring (bicyclic) bond motifs is 3. The molecule has 3 aromatic rings. The Morgan fingerprint density at radius 1 is 1.39 bits per heavy atom. The minimum atomic E-state index is 0.0445. The molecule has 0 unspecified atom stereocenters. The first-order valence-corrected chi connectivity index (χ1v) is 8.42. The number of H-pyrrole nitrogens is 1. The van der Waals surface area contributed by atoms with Gasteiger partial charge in [0.1, 0.15) is 5.69 Å². The van der Waals surface area contributed by atoms with E-state index in [1.807, 2.05) is 37.1 Å². The summed E-state index contributed by atoms with van der Waals surface area (Å²) in [4.78, 5) is 18.2. The Morgan fingerprint density at radius 2 is 2.22 bits per heavy atom. The number of amides is 1. The Hall–Kier alpha value is -2.08. The molecule has 0 saturated carbocycles. The lowest BCUT2D eigenvalue weighted by Gasteiger charge is -2.27. The third-order valence-corrected chi connectivity index (χ3v) is 5.13. The Bertz CT molecular complexity index is 924. The third kappa shape index (κ3) is 2.28. The van der Waals surface area contributed by atoms with E-state index in [1.54, 1.807) is 4.68 Å². The quantitative estimate of drug-likeness (QED) is 0.713. The molecule has 1 amide bonds. The first-order chi connectivity index (χ1) is 11.0. The predicted octanol–water partition coefficient (Wildman–Crippen LogP) is 3.17. The van der Waals surface area contributed by atoms with Gasteiger partial charge in [-0.15, -0.1) is 0 Å². The summed E-state index contributed by atoms with van der Waals surface area (Å²) >= 11 is 3.59. The SMILES string of the molecule is Cc1cc(C(=O)N2CCc3[nH]c4c(Br)cccc4c3C2)n(C)n1. The maximum Gasteiger partial charge on any atom is 0.272 e. The van der Waals surface area contributed by atoms with Gasteiger partial charge < -0.3 is 9.88 Å². The van der Waals surface area contributed by atoms with Crippen LogP contribution in [0, 0.1) is 6.92 Å². The molecule has 0 atom stereocenters. The van der Waals surface area contributed by atoms with E-state index in [2.05, 4.69) is 32.1 Å². The number of nitrogens with zero attached hydrogens (tertiary/aromatic N) is 3. The molecule has 1 aromatic carbocycles. The molecule has 0 bridgehead atoms. The van der Waals surface area contributed by atoms with Gasteiger partial charge in [-0.05, 0) is 35.0 Å². The molecule has 2 aromatic heterocycles. The Kier molecular flexibility index (Phi) is 3.30. The van der Waals surface area contributed by atoms with Crippen molar-refractivity contribution < 1.29 is 4.79 Å². The van der Waals surface area contributed by atoms with Crippen molar-refractivity contribution in [2.45, 2.75) is 19.9 Å². The summed E-state index contributed by atoms with van der Waals surface area (Å²) in [5.74, 6) is 0.0445. The standard InChI is InChI=1S/C17H17BrN4O/c1-10-8-15(21(2)20-10)17(23)22-7-6-14-12(9-22)11-4-3-5-13(18)16(11)19-14/h3-5,8,19H,6-7,9H2,1-2H3. The molecule has 23 heavy (non-hydrogen) atoms. The highest BCUT2D eigenvalue weighted by Crippen LogP contribution is 2.32. The van der Waals surface area contributed by atoms with Crippen LogP contribution in [0.3, 0.4) is 0 Å². The predicted molar refractivity (Wildman–Crippen MR) is 92.4 cm³/mol. The minimum Gasteiger partial charge on any atom is -0.357 e. The van der Waals surface area contributed by atoms with Gasteiger partial charge in [-0.25, -0.2) is 0 Å². The first-order valence-electron chi connectivity index (χ1n) is 7.62. The maximum absolute atomic E-state index is 12.8.